The molecule has 0 radical (unpaired) electrons. The van der Waals surface area contributed by atoms with Crippen LogP contribution in [0.3, 0.4) is 0 Å². The molecule has 3 unspecified atom stereocenters. The van der Waals surface area contributed by atoms with E-state index in [1.807, 2.05) is 0 Å². The standard InChI is InChI=1S/C14H28N2O/c1-17-10-4-7-13(15)11-16-9-3-6-12-5-2-8-14(12)16/h12-14H,2-11,15H2,1H3. The summed E-state index contributed by atoms with van der Waals surface area (Å²) in [4.78, 5) is 2.68. The summed E-state index contributed by atoms with van der Waals surface area (Å²) in [5.74, 6) is 0.981. The third kappa shape index (κ3) is 3.67. The van der Waals surface area contributed by atoms with Gasteiger partial charge >= 0.3 is 0 Å². The van der Waals surface area contributed by atoms with E-state index in [2.05, 4.69) is 4.90 Å². The van der Waals surface area contributed by atoms with Crippen LogP contribution in [0.2, 0.25) is 0 Å². The fourth-order valence-electron chi connectivity index (χ4n) is 3.67. The lowest BCUT2D eigenvalue weighted by Gasteiger charge is -2.39. The second kappa shape index (κ2) is 6.72. The molecule has 3 nitrogen and oxygen atoms in total. The molecule has 2 N–H and O–H groups in total. The zero-order valence-electron chi connectivity index (χ0n) is 11.2. The predicted octanol–water partition coefficient (Wildman–Crippen LogP) is 2.00. The van der Waals surface area contributed by atoms with E-state index >= 15 is 0 Å². The van der Waals surface area contributed by atoms with Crippen molar-refractivity contribution < 1.29 is 4.74 Å². The van der Waals surface area contributed by atoms with Gasteiger partial charge in [-0.15, -0.1) is 0 Å². The molecular weight excluding hydrogens is 212 g/mol. The van der Waals surface area contributed by atoms with Crippen molar-refractivity contribution in [1.29, 1.82) is 0 Å². The highest BCUT2D eigenvalue weighted by Gasteiger charge is 2.35. The van der Waals surface area contributed by atoms with Crippen LogP contribution < -0.4 is 5.73 Å². The maximum atomic E-state index is 6.23. The zero-order chi connectivity index (χ0) is 12.1. The number of likely N-dealkylation sites (tertiary alicyclic amines) is 1. The number of ether oxygens (including phenoxy) is 1. The normalized spacial score (nSPS) is 31.4. The smallest absolute Gasteiger partial charge is 0.0462 e. The largest absolute Gasteiger partial charge is 0.385 e. The van der Waals surface area contributed by atoms with Crippen molar-refractivity contribution in [3.63, 3.8) is 0 Å². The number of hydrogen-bond donors (Lipinski definition) is 1. The Morgan fingerprint density at radius 3 is 2.94 bits per heavy atom. The molecule has 0 spiro atoms. The number of fused-ring (bicyclic) bond motifs is 1. The quantitative estimate of drug-likeness (QED) is 0.722. The van der Waals surface area contributed by atoms with Gasteiger partial charge in [0.15, 0.2) is 0 Å². The minimum absolute atomic E-state index is 0.337. The number of piperidine rings is 1. The Labute approximate surface area is 106 Å². The third-order valence-electron chi connectivity index (χ3n) is 4.50. The molecule has 0 aromatic rings. The van der Waals surface area contributed by atoms with Gasteiger partial charge in [-0.2, -0.15) is 0 Å². The van der Waals surface area contributed by atoms with Crippen LogP contribution in [0, 0.1) is 5.92 Å². The molecule has 1 heterocycles. The van der Waals surface area contributed by atoms with Crippen molar-refractivity contribution in [3.05, 3.63) is 0 Å². The van der Waals surface area contributed by atoms with Crippen LogP contribution in [-0.4, -0.2) is 43.8 Å². The summed E-state index contributed by atoms with van der Waals surface area (Å²) in [5.41, 5.74) is 6.23. The fraction of sp³-hybridized carbons (Fsp3) is 1.00. The van der Waals surface area contributed by atoms with Crippen LogP contribution in [0.1, 0.15) is 44.9 Å². The van der Waals surface area contributed by atoms with Crippen molar-refractivity contribution in [1.82, 2.24) is 4.90 Å². The highest BCUT2D eigenvalue weighted by atomic mass is 16.5. The van der Waals surface area contributed by atoms with Crippen molar-refractivity contribution in [3.8, 4) is 0 Å². The third-order valence-corrected chi connectivity index (χ3v) is 4.50. The molecule has 0 aromatic heterocycles. The first-order valence-electron chi connectivity index (χ1n) is 7.30. The second-order valence-electron chi connectivity index (χ2n) is 5.79. The predicted molar refractivity (Wildman–Crippen MR) is 71.0 cm³/mol. The van der Waals surface area contributed by atoms with Crippen LogP contribution in [-0.2, 0) is 4.74 Å². The monoisotopic (exact) mass is 240 g/mol. The molecule has 2 aliphatic rings. The first-order chi connectivity index (χ1) is 8.31. The summed E-state index contributed by atoms with van der Waals surface area (Å²) in [5, 5.41) is 0. The molecule has 100 valence electrons. The first kappa shape index (κ1) is 13.3. The Hall–Kier alpha value is -0.120. The Morgan fingerprint density at radius 2 is 2.12 bits per heavy atom. The van der Waals surface area contributed by atoms with E-state index in [9.17, 15) is 0 Å². The van der Waals surface area contributed by atoms with E-state index in [1.165, 1.54) is 38.6 Å². The van der Waals surface area contributed by atoms with Crippen LogP contribution in [0.15, 0.2) is 0 Å². The van der Waals surface area contributed by atoms with Gasteiger partial charge in [0, 0.05) is 32.3 Å². The lowest BCUT2D eigenvalue weighted by atomic mass is 9.91. The van der Waals surface area contributed by atoms with Gasteiger partial charge in [-0.25, -0.2) is 0 Å². The lowest BCUT2D eigenvalue weighted by molar-refractivity contribution is 0.103. The average molecular weight is 240 g/mol. The summed E-state index contributed by atoms with van der Waals surface area (Å²) in [6.07, 6.45) is 9.34. The second-order valence-corrected chi connectivity index (χ2v) is 5.79. The van der Waals surface area contributed by atoms with Gasteiger partial charge < -0.3 is 10.5 Å². The number of methoxy groups -OCH3 is 1. The highest BCUT2D eigenvalue weighted by Crippen LogP contribution is 2.36. The van der Waals surface area contributed by atoms with Crippen molar-refractivity contribution in [2.24, 2.45) is 11.7 Å². The van der Waals surface area contributed by atoms with Crippen LogP contribution >= 0.6 is 0 Å². The summed E-state index contributed by atoms with van der Waals surface area (Å²) < 4.78 is 5.08. The Kier molecular flexibility index (Phi) is 5.26. The topological polar surface area (TPSA) is 38.5 Å². The summed E-state index contributed by atoms with van der Waals surface area (Å²) in [6, 6.07) is 1.20. The summed E-state index contributed by atoms with van der Waals surface area (Å²) in [7, 11) is 1.76. The van der Waals surface area contributed by atoms with Crippen LogP contribution in [0.25, 0.3) is 0 Å². The Morgan fingerprint density at radius 1 is 1.29 bits per heavy atom. The SMILES string of the molecule is COCCCC(N)CN1CCCC2CCCC21. The molecule has 0 amide bonds. The molecule has 1 saturated heterocycles. The van der Waals surface area contributed by atoms with E-state index in [1.54, 1.807) is 7.11 Å². The van der Waals surface area contributed by atoms with Crippen LogP contribution in [0.5, 0.6) is 0 Å². The minimum atomic E-state index is 0.337. The molecule has 17 heavy (non-hydrogen) atoms. The number of hydrogen-bond acceptors (Lipinski definition) is 3. The molecule has 2 fully saturated rings. The van der Waals surface area contributed by atoms with E-state index in [4.69, 9.17) is 10.5 Å². The number of rotatable bonds is 6. The Balaban J connectivity index is 1.73. The van der Waals surface area contributed by atoms with Gasteiger partial charge in [-0.05, 0) is 51.0 Å². The number of nitrogens with two attached hydrogens (primary N) is 1. The molecule has 3 atom stereocenters. The van der Waals surface area contributed by atoms with Crippen LogP contribution in [0.4, 0.5) is 0 Å². The molecule has 1 aliphatic carbocycles. The molecule has 1 saturated carbocycles. The molecule has 0 bridgehead atoms. The molecule has 2 rings (SSSR count). The zero-order valence-corrected chi connectivity index (χ0v) is 11.2. The fourth-order valence-corrected chi connectivity index (χ4v) is 3.67. The van der Waals surface area contributed by atoms with E-state index < -0.39 is 0 Å². The van der Waals surface area contributed by atoms with E-state index in [0.29, 0.717) is 6.04 Å². The van der Waals surface area contributed by atoms with Gasteiger partial charge in [-0.1, -0.05) is 6.42 Å². The van der Waals surface area contributed by atoms with Gasteiger partial charge in [0.25, 0.3) is 0 Å². The molecule has 1 aliphatic heterocycles. The van der Waals surface area contributed by atoms with Crippen molar-refractivity contribution >= 4 is 0 Å². The summed E-state index contributed by atoms with van der Waals surface area (Å²) >= 11 is 0. The van der Waals surface area contributed by atoms with Gasteiger partial charge in [-0.3, -0.25) is 4.90 Å². The molecule has 3 heteroatoms. The van der Waals surface area contributed by atoms with E-state index in [0.717, 1.165) is 38.0 Å². The highest BCUT2D eigenvalue weighted by molar-refractivity contribution is 4.90. The van der Waals surface area contributed by atoms with Crippen molar-refractivity contribution in [2.75, 3.05) is 26.8 Å². The minimum Gasteiger partial charge on any atom is -0.385 e. The van der Waals surface area contributed by atoms with Gasteiger partial charge in [0.2, 0.25) is 0 Å². The summed E-state index contributed by atoms with van der Waals surface area (Å²) in [6.45, 7) is 3.23. The Bertz CT molecular complexity index is 222. The first-order valence-corrected chi connectivity index (χ1v) is 7.30. The lowest BCUT2D eigenvalue weighted by Crippen LogP contribution is -2.48. The molecular formula is C14H28N2O. The molecule has 0 aromatic carbocycles. The number of nitrogens with zero attached hydrogens (tertiary/aromatic N) is 1. The average Bonchev–Trinajstić information content (AvgIpc) is 2.78. The maximum Gasteiger partial charge on any atom is 0.0462 e. The van der Waals surface area contributed by atoms with Gasteiger partial charge in [0.1, 0.15) is 0 Å². The maximum absolute atomic E-state index is 6.23. The van der Waals surface area contributed by atoms with Crippen molar-refractivity contribution in [2.45, 2.75) is 57.0 Å². The van der Waals surface area contributed by atoms with E-state index in [-0.39, 0.29) is 0 Å². The van der Waals surface area contributed by atoms with Gasteiger partial charge in [0.05, 0.1) is 0 Å².